The van der Waals surface area contributed by atoms with Crippen molar-refractivity contribution in [3.8, 4) is 0 Å². The Morgan fingerprint density at radius 3 is 2.39 bits per heavy atom. The lowest BCUT2D eigenvalue weighted by Gasteiger charge is -2.21. The van der Waals surface area contributed by atoms with Crippen molar-refractivity contribution in [2.24, 2.45) is 0 Å². The van der Waals surface area contributed by atoms with Gasteiger partial charge in [-0.3, -0.25) is 4.79 Å². The summed E-state index contributed by atoms with van der Waals surface area (Å²) in [6, 6.07) is 11.6. The first-order valence-corrected chi connectivity index (χ1v) is 8.61. The van der Waals surface area contributed by atoms with Gasteiger partial charge in [-0.1, -0.05) is 43.8 Å². The highest BCUT2D eigenvalue weighted by atomic mass is 32.2. The molecule has 2 rings (SSSR count). The van der Waals surface area contributed by atoms with Crippen LogP contribution in [0.5, 0.6) is 0 Å². The van der Waals surface area contributed by atoms with E-state index in [1.807, 2.05) is 50.2 Å². The number of nitrogens with zero attached hydrogens (tertiary/aromatic N) is 3. The molecule has 0 N–H and O–H groups in total. The molecule has 122 valence electrons. The van der Waals surface area contributed by atoms with E-state index in [0.29, 0.717) is 0 Å². The molecule has 1 atom stereocenters. The first-order valence-electron chi connectivity index (χ1n) is 7.73. The summed E-state index contributed by atoms with van der Waals surface area (Å²) in [6.07, 6.45) is 0. The third kappa shape index (κ3) is 4.55. The second kappa shape index (κ2) is 7.59. The van der Waals surface area contributed by atoms with E-state index in [9.17, 15) is 4.79 Å². The predicted molar refractivity (Wildman–Crippen MR) is 96.0 cm³/mol. The van der Waals surface area contributed by atoms with Gasteiger partial charge < -0.3 is 4.90 Å². The molecule has 1 aromatic carbocycles. The monoisotopic (exact) mass is 329 g/mol. The molecule has 0 aliphatic carbocycles. The fourth-order valence-corrected chi connectivity index (χ4v) is 3.17. The van der Waals surface area contributed by atoms with E-state index in [1.165, 1.54) is 11.8 Å². The topological polar surface area (TPSA) is 46.1 Å². The minimum atomic E-state index is -0.213. The van der Waals surface area contributed by atoms with Crippen LogP contribution in [-0.2, 0) is 4.79 Å². The van der Waals surface area contributed by atoms with Gasteiger partial charge in [0.05, 0.1) is 5.25 Å². The SMILES string of the molecule is Cc1cc(S[C@@H](C)C(=O)N(C)c2ccccc2)nc(C(C)C)n1. The number of carbonyl (C=O) groups excluding carboxylic acids is 1. The molecule has 0 saturated heterocycles. The Kier molecular flexibility index (Phi) is 5.77. The molecular weight excluding hydrogens is 306 g/mol. The van der Waals surface area contributed by atoms with Crippen molar-refractivity contribution in [2.45, 2.75) is 43.9 Å². The first-order chi connectivity index (χ1) is 10.9. The molecule has 1 heterocycles. The molecule has 0 aliphatic heterocycles. The van der Waals surface area contributed by atoms with Crippen molar-refractivity contribution in [1.29, 1.82) is 0 Å². The summed E-state index contributed by atoms with van der Waals surface area (Å²) in [5.41, 5.74) is 1.83. The molecule has 0 spiro atoms. The lowest BCUT2D eigenvalue weighted by Crippen LogP contribution is -2.33. The summed E-state index contributed by atoms with van der Waals surface area (Å²) < 4.78 is 0. The largest absolute Gasteiger partial charge is 0.315 e. The summed E-state index contributed by atoms with van der Waals surface area (Å²) in [6.45, 7) is 8.01. The maximum Gasteiger partial charge on any atom is 0.239 e. The lowest BCUT2D eigenvalue weighted by atomic mass is 10.2. The maximum atomic E-state index is 12.6. The van der Waals surface area contributed by atoms with E-state index < -0.39 is 0 Å². The zero-order valence-electron chi connectivity index (χ0n) is 14.3. The second-order valence-electron chi connectivity index (χ2n) is 5.85. The van der Waals surface area contributed by atoms with E-state index in [2.05, 4.69) is 23.8 Å². The first kappa shape index (κ1) is 17.5. The van der Waals surface area contributed by atoms with Crippen LogP contribution in [0.2, 0.25) is 0 Å². The summed E-state index contributed by atoms with van der Waals surface area (Å²) in [7, 11) is 1.81. The van der Waals surface area contributed by atoms with Crippen LogP contribution in [0.3, 0.4) is 0 Å². The molecule has 2 aromatic rings. The third-order valence-electron chi connectivity index (χ3n) is 3.48. The van der Waals surface area contributed by atoms with Gasteiger partial charge in [-0.25, -0.2) is 9.97 Å². The van der Waals surface area contributed by atoms with Crippen molar-refractivity contribution in [3.05, 3.63) is 47.9 Å². The average molecular weight is 329 g/mol. The van der Waals surface area contributed by atoms with E-state index >= 15 is 0 Å². The molecule has 5 heteroatoms. The number of aryl methyl sites for hydroxylation is 1. The molecule has 23 heavy (non-hydrogen) atoms. The molecule has 0 unspecified atom stereocenters. The van der Waals surface area contributed by atoms with E-state index in [1.54, 1.807) is 11.9 Å². The van der Waals surface area contributed by atoms with Crippen LogP contribution < -0.4 is 4.90 Å². The van der Waals surface area contributed by atoms with Crippen LogP contribution in [-0.4, -0.2) is 28.2 Å². The van der Waals surface area contributed by atoms with Crippen LogP contribution in [0, 0.1) is 6.92 Å². The Balaban J connectivity index is 2.12. The summed E-state index contributed by atoms with van der Waals surface area (Å²) in [5, 5.41) is 0.637. The molecule has 1 amide bonds. The zero-order valence-corrected chi connectivity index (χ0v) is 15.1. The van der Waals surface area contributed by atoms with E-state index in [0.717, 1.165) is 22.2 Å². The smallest absolute Gasteiger partial charge is 0.239 e. The number of carbonyl (C=O) groups is 1. The highest BCUT2D eigenvalue weighted by molar-refractivity contribution is 8.00. The minimum Gasteiger partial charge on any atom is -0.315 e. The van der Waals surface area contributed by atoms with Gasteiger partial charge in [0.25, 0.3) is 0 Å². The number of amides is 1. The number of hydrogen-bond acceptors (Lipinski definition) is 4. The molecule has 0 radical (unpaired) electrons. The van der Waals surface area contributed by atoms with Crippen molar-refractivity contribution in [2.75, 3.05) is 11.9 Å². The number of rotatable bonds is 5. The fourth-order valence-electron chi connectivity index (χ4n) is 2.16. The van der Waals surface area contributed by atoms with Crippen LogP contribution in [0.25, 0.3) is 0 Å². The predicted octanol–water partition coefficient (Wildman–Crippen LogP) is 4.05. The Morgan fingerprint density at radius 2 is 1.78 bits per heavy atom. The van der Waals surface area contributed by atoms with Gasteiger partial charge in [0.2, 0.25) is 5.91 Å². The van der Waals surface area contributed by atoms with E-state index in [4.69, 9.17) is 0 Å². The van der Waals surface area contributed by atoms with Crippen molar-refractivity contribution in [1.82, 2.24) is 9.97 Å². The Hall–Kier alpha value is -1.88. The van der Waals surface area contributed by atoms with Gasteiger partial charge in [0, 0.05) is 24.3 Å². The normalized spacial score (nSPS) is 12.3. The fraction of sp³-hybridized carbons (Fsp3) is 0.389. The number of hydrogen-bond donors (Lipinski definition) is 0. The summed E-state index contributed by atoms with van der Waals surface area (Å²) >= 11 is 1.48. The van der Waals surface area contributed by atoms with Crippen LogP contribution in [0.15, 0.2) is 41.4 Å². The number of thioether (sulfide) groups is 1. The average Bonchev–Trinajstić information content (AvgIpc) is 2.53. The van der Waals surface area contributed by atoms with Crippen LogP contribution >= 0.6 is 11.8 Å². The molecule has 4 nitrogen and oxygen atoms in total. The molecule has 0 fully saturated rings. The quantitative estimate of drug-likeness (QED) is 0.613. The number of benzene rings is 1. The van der Waals surface area contributed by atoms with Crippen LogP contribution in [0.1, 0.15) is 38.2 Å². The standard InChI is InChI=1S/C18H23N3OS/c1-12(2)17-19-13(3)11-16(20-17)23-14(4)18(22)21(5)15-9-7-6-8-10-15/h6-12,14H,1-5H3/t14-/m0/s1. The van der Waals surface area contributed by atoms with Gasteiger partial charge in [-0.2, -0.15) is 0 Å². The molecular formula is C18H23N3OS. The van der Waals surface area contributed by atoms with Crippen molar-refractivity contribution in [3.63, 3.8) is 0 Å². The Bertz CT molecular complexity index is 673. The van der Waals surface area contributed by atoms with Gasteiger partial charge in [0.1, 0.15) is 10.9 Å². The van der Waals surface area contributed by atoms with Gasteiger partial charge >= 0.3 is 0 Å². The number of para-hydroxylation sites is 1. The molecule has 0 aliphatic rings. The van der Waals surface area contributed by atoms with Gasteiger partial charge in [0.15, 0.2) is 0 Å². The van der Waals surface area contributed by atoms with Crippen LogP contribution in [0.4, 0.5) is 5.69 Å². The second-order valence-corrected chi connectivity index (χ2v) is 7.21. The number of anilines is 1. The molecule has 0 saturated carbocycles. The summed E-state index contributed by atoms with van der Waals surface area (Å²) in [4.78, 5) is 23.3. The molecule has 1 aromatic heterocycles. The zero-order chi connectivity index (χ0) is 17.0. The minimum absolute atomic E-state index is 0.0589. The van der Waals surface area contributed by atoms with Gasteiger partial charge in [-0.15, -0.1) is 0 Å². The Labute approximate surface area is 142 Å². The highest BCUT2D eigenvalue weighted by Crippen LogP contribution is 2.26. The highest BCUT2D eigenvalue weighted by Gasteiger charge is 2.21. The van der Waals surface area contributed by atoms with E-state index in [-0.39, 0.29) is 17.1 Å². The molecule has 0 bridgehead atoms. The lowest BCUT2D eigenvalue weighted by molar-refractivity contribution is -0.117. The maximum absolute atomic E-state index is 12.6. The third-order valence-corrected chi connectivity index (χ3v) is 4.49. The van der Waals surface area contributed by atoms with Gasteiger partial charge in [-0.05, 0) is 32.0 Å². The van der Waals surface area contributed by atoms with Crippen molar-refractivity contribution < 1.29 is 4.79 Å². The van der Waals surface area contributed by atoms with Crippen molar-refractivity contribution >= 4 is 23.4 Å². The Morgan fingerprint density at radius 1 is 1.13 bits per heavy atom. The summed E-state index contributed by atoms with van der Waals surface area (Å²) in [5.74, 6) is 1.15. The number of aromatic nitrogens is 2.